The van der Waals surface area contributed by atoms with Crippen molar-refractivity contribution in [1.29, 1.82) is 0 Å². The molecule has 1 aromatic carbocycles. The molecule has 0 aliphatic heterocycles. The van der Waals surface area contributed by atoms with Crippen LogP contribution in [0.5, 0.6) is 0 Å². The van der Waals surface area contributed by atoms with Crippen molar-refractivity contribution in [2.45, 2.75) is 37.5 Å². The number of esters is 1. The van der Waals surface area contributed by atoms with Crippen LogP contribution < -0.4 is 0 Å². The van der Waals surface area contributed by atoms with Crippen LogP contribution in [0.2, 0.25) is 0 Å². The summed E-state index contributed by atoms with van der Waals surface area (Å²) < 4.78 is 4.91. The molecular formula is C14H16O2. The van der Waals surface area contributed by atoms with Gasteiger partial charge in [-0.1, -0.05) is 18.2 Å². The van der Waals surface area contributed by atoms with Gasteiger partial charge in [-0.25, -0.2) is 0 Å². The first-order valence-electron chi connectivity index (χ1n) is 5.97. The van der Waals surface area contributed by atoms with E-state index in [0.717, 1.165) is 12.8 Å². The van der Waals surface area contributed by atoms with E-state index in [-0.39, 0.29) is 11.4 Å². The molecule has 84 valence electrons. The number of hydrogen-bond acceptors (Lipinski definition) is 2. The van der Waals surface area contributed by atoms with Gasteiger partial charge in [-0.2, -0.15) is 0 Å². The third-order valence-corrected chi connectivity index (χ3v) is 3.98. The van der Waals surface area contributed by atoms with E-state index in [4.69, 9.17) is 4.74 Å². The summed E-state index contributed by atoms with van der Waals surface area (Å²) in [5.74, 6) is -0.0644. The van der Waals surface area contributed by atoms with E-state index >= 15 is 0 Å². The van der Waals surface area contributed by atoms with E-state index < -0.39 is 0 Å². The number of benzene rings is 1. The predicted molar refractivity (Wildman–Crippen MR) is 61.4 cm³/mol. The Labute approximate surface area is 95.6 Å². The molecular weight excluding hydrogens is 200 g/mol. The minimum absolute atomic E-state index is 0.0644. The number of ether oxygens (including phenoxy) is 1. The van der Waals surface area contributed by atoms with E-state index in [1.165, 1.54) is 43.1 Å². The summed E-state index contributed by atoms with van der Waals surface area (Å²) in [6.45, 7) is 0. The zero-order chi connectivity index (χ0) is 11.2. The summed E-state index contributed by atoms with van der Waals surface area (Å²) in [4.78, 5) is 11.8. The van der Waals surface area contributed by atoms with Crippen molar-refractivity contribution in [1.82, 2.24) is 0 Å². The van der Waals surface area contributed by atoms with Gasteiger partial charge < -0.3 is 4.74 Å². The molecule has 2 heteroatoms. The summed E-state index contributed by atoms with van der Waals surface area (Å²) in [5, 5.41) is 0. The SMILES string of the molecule is COC(=O)C1(c2ccc3c(c2)CCC3)CC1. The Balaban J connectivity index is 1.99. The van der Waals surface area contributed by atoms with E-state index in [1.54, 1.807) is 0 Å². The minimum atomic E-state index is -0.299. The molecule has 1 aromatic rings. The lowest BCUT2D eigenvalue weighted by atomic mass is 9.93. The first-order valence-corrected chi connectivity index (χ1v) is 5.97. The average molecular weight is 216 g/mol. The molecule has 1 saturated carbocycles. The lowest BCUT2D eigenvalue weighted by Gasteiger charge is -2.14. The average Bonchev–Trinajstić information content (AvgIpc) is 3.00. The van der Waals surface area contributed by atoms with E-state index in [1.807, 2.05) is 0 Å². The second-order valence-corrected chi connectivity index (χ2v) is 4.91. The van der Waals surface area contributed by atoms with Crippen molar-refractivity contribution < 1.29 is 9.53 Å². The summed E-state index contributed by atoms with van der Waals surface area (Å²) in [5.41, 5.74) is 3.77. The van der Waals surface area contributed by atoms with Crippen LogP contribution >= 0.6 is 0 Å². The molecule has 2 nitrogen and oxygen atoms in total. The van der Waals surface area contributed by atoms with E-state index in [2.05, 4.69) is 18.2 Å². The minimum Gasteiger partial charge on any atom is -0.468 e. The van der Waals surface area contributed by atoms with Crippen LogP contribution in [0, 0.1) is 0 Å². The molecule has 0 amide bonds. The van der Waals surface area contributed by atoms with Crippen LogP contribution in [0.4, 0.5) is 0 Å². The number of carbonyl (C=O) groups is 1. The molecule has 2 aliphatic carbocycles. The fourth-order valence-corrected chi connectivity index (χ4v) is 2.80. The van der Waals surface area contributed by atoms with Crippen LogP contribution in [0.15, 0.2) is 18.2 Å². The van der Waals surface area contributed by atoms with Gasteiger partial charge in [0.15, 0.2) is 0 Å². The molecule has 0 spiro atoms. The van der Waals surface area contributed by atoms with Gasteiger partial charge in [0.25, 0.3) is 0 Å². The van der Waals surface area contributed by atoms with Crippen molar-refractivity contribution in [3.63, 3.8) is 0 Å². The fraction of sp³-hybridized carbons (Fsp3) is 0.500. The molecule has 0 bridgehead atoms. The van der Waals surface area contributed by atoms with Gasteiger partial charge in [0.05, 0.1) is 12.5 Å². The van der Waals surface area contributed by atoms with Gasteiger partial charge in [0, 0.05) is 0 Å². The van der Waals surface area contributed by atoms with Crippen LogP contribution in [-0.2, 0) is 27.8 Å². The summed E-state index contributed by atoms with van der Waals surface area (Å²) >= 11 is 0. The highest BCUT2D eigenvalue weighted by molar-refractivity contribution is 5.86. The van der Waals surface area contributed by atoms with Gasteiger partial charge in [0.2, 0.25) is 0 Å². The molecule has 1 fully saturated rings. The first-order chi connectivity index (χ1) is 7.76. The van der Waals surface area contributed by atoms with E-state index in [0.29, 0.717) is 0 Å². The molecule has 0 atom stereocenters. The molecule has 0 heterocycles. The molecule has 0 aromatic heterocycles. The maximum Gasteiger partial charge on any atom is 0.316 e. The van der Waals surface area contributed by atoms with Gasteiger partial charge in [-0.15, -0.1) is 0 Å². The highest BCUT2D eigenvalue weighted by atomic mass is 16.5. The zero-order valence-corrected chi connectivity index (χ0v) is 9.58. The first kappa shape index (κ1) is 9.88. The number of carbonyl (C=O) groups excluding carboxylic acids is 1. The number of rotatable bonds is 2. The third-order valence-electron chi connectivity index (χ3n) is 3.98. The normalized spacial score (nSPS) is 20.3. The summed E-state index contributed by atoms with van der Waals surface area (Å²) in [6, 6.07) is 6.54. The molecule has 16 heavy (non-hydrogen) atoms. The summed E-state index contributed by atoms with van der Waals surface area (Å²) in [6.07, 6.45) is 5.50. The molecule has 3 rings (SSSR count). The third kappa shape index (κ3) is 1.29. The smallest absolute Gasteiger partial charge is 0.316 e. The Morgan fingerprint density at radius 3 is 2.69 bits per heavy atom. The fourth-order valence-electron chi connectivity index (χ4n) is 2.80. The highest BCUT2D eigenvalue weighted by Gasteiger charge is 2.52. The Morgan fingerprint density at radius 2 is 2.00 bits per heavy atom. The van der Waals surface area contributed by atoms with Crippen LogP contribution in [0.25, 0.3) is 0 Å². The van der Waals surface area contributed by atoms with Crippen molar-refractivity contribution >= 4 is 5.97 Å². The number of hydrogen-bond donors (Lipinski definition) is 0. The van der Waals surface area contributed by atoms with Gasteiger partial charge in [-0.05, 0) is 48.8 Å². The van der Waals surface area contributed by atoms with Crippen LogP contribution in [0.1, 0.15) is 36.0 Å². The standard InChI is InChI=1S/C14H16O2/c1-16-13(15)14(7-8-14)12-6-5-10-3-2-4-11(10)9-12/h5-6,9H,2-4,7-8H2,1H3. The zero-order valence-electron chi connectivity index (χ0n) is 9.58. The number of methoxy groups -OCH3 is 1. The molecule has 0 N–H and O–H groups in total. The van der Waals surface area contributed by atoms with Crippen molar-refractivity contribution in [2.24, 2.45) is 0 Å². The number of aryl methyl sites for hydroxylation is 2. The monoisotopic (exact) mass is 216 g/mol. The predicted octanol–water partition coefficient (Wildman–Crippen LogP) is 2.38. The number of fused-ring (bicyclic) bond motifs is 1. The van der Waals surface area contributed by atoms with Crippen LogP contribution in [0.3, 0.4) is 0 Å². The van der Waals surface area contributed by atoms with Crippen molar-refractivity contribution in [3.8, 4) is 0 Å². The Bertz CT molecular complexity index is 444. The van der Waals surface area contributed by atoms with Gasteiger partial charge in [-0.3, -0.25) is 4.79 Å². The lowest BCUT2D eigenvalue weighted by Crippen LogP contribution is -2.21. The Hall–Kier alpha value is -1.31. The van der Waals surface area contributed by atoms with Crippen molar-refractivity contribution in [3.05, 3.63) is 34.9 Å². The van der Waals surface area contributed by atoms with Gasteiger partial charge in [0.1, 0.15) is 0 Å². The second-order valence-electron chi connectivity index (χ2n) is 4.91. The molecule has 2 aliphatic rings. The van der Waals surface area contributed by atoms with Gasteiger partial charge >= 0.3 is 5.97 Å². The lowest BCUT2D eigenvalue weighted by molar-refractivity contribution is -0.143. The molecule has 0 radical (unpaired) electrons. The van der Waals surface area contributed by atoms with E-state index in [9.17, 15) is 4.79 Å². The quantitative estimate of drug-likeness (QED) is 0.709. The largest absolute Gasteiger partial charge is 0.468 e. The maximum atomic E-state index is 11.8. The Kier molecular flexibility index (Phi) is 2.06. The topological polar surface area (TPSA) is 26.3 Å². The highest BCUT2D eigenvalue weighted by Crippen LogP contribution is 2.49. The molecule has 0 unspecified atom stereocenters. The second kappa shape index (κ2) is 3.34. The Morgan fingerprint density at radius 1 is 1.25 bits per heavy atom. The maximum absolute atomic E-state index is 11.8. The molecule has 0 saturated heterocycles. The summed E-state index contributed by atoms with van der Waals surface area (Å²) in [7, 11) is 1.48. The van der Waals surface area contributed by atoms with Crippen molar-refractivity contribution in [2.75, 3.05) is 7.11 Å². The van der Waals surface area contributed by atoms with Crippen LogP contribution in [-0.4, -0.2) is 13.1 Å².